The van der Waals surface area contributed by atoms with Gasteiger partial charge in [0.05, 0.1) is 18.7 Å². The minimum atomic E-state index is 0.678. The molecule has 0 saturated heterocycles. The van der Waals surface area contributed by atoms with Crippen LogP contribution in [-0.2, 0) is 6.54 Å². The SMILES string of the molecule is COc1cc(CNC2CCCC2)cc(Br)c1OC. The molecule has 0 bridgehead atoms. The van der Waals surface area contributed by atoms with E-state index in [0.29, 0.717) is 6.04 Å². The van der Waals surface area contributed by atoms with Crippen molar-refractivity contribution < 1.29 is 9.47 Å². The molecule has 1 aromatic rings. The Morgan fingerprint density at radius 3 is 2.56 bits per heavy atom. The van der Waals surface area contributed by atoms with Crippen molar-refractivity contribution in [3.63, 3.8) is 0 Å². The highest BCUT2D eigenvalue weighted by Gasteiger charge is 2.15. The van der Waals surface area contributed by atoms with Gasteiger partial charge in [0.1, 0.15) is 0 Å². The molecule has 0 atom stereocenters. The Labute approximate surface area is 117 Å². The molecule has 2 rings (SSSR count). The van der Waals surface area contributed by atoms with Crippen LogP contribution < -0.4 is 14.8 Å². The molecule has 1 aromatic carbocycles. The molecule has 0 radical (unpaired) electrons. The average molecular weight is 314 g/mol. The first-order chi connectivity index (χ1) is 8.74. The van der Waals surface area contributed by atoms with Crippen LogP contribution in [0.15, 0.2) is 16.6 Å². The lowest BCUT2D eigenvalue weighted by Crippen LogP contribution is -2.25. The van der Waals surface area contributed by atoms with E-state index in [-0.39, 0.29) is 0 Å². The van der Waals surface area contributed by atoms with Gasteiger partial charge in [-0.1, -0.05) is 12.8 Å². The standard InChI is InChI=1S/C14H20BrNO2/c1-17-13-8-10(7-12(15)14(13)18-2)9-16-11-5-3-4-6-11/h7-8,11,16H,3-6,9H2,1-2H3. The maximum atomic E-state index is 5.35. The zero-order chi connectivity index (χ0) is 13.0. The normalized spacial score (nSPS) is 15.9. The average Bonchev–Trinajstić information content (AvgIpc) is 2.88. The monoisotopic (exact) mass is 313 g/mol. The van der Waals surface area contributed by atoms with Crippen LogP contribution in [0.25, 0.3) is 0 Å². The fourth-order valence-corrected chi connectivity index (χ4v) is 3.12. The second-order valence-electron chi connectivity index (χ2n) is 4.68. The van der Waals surface area contributed by atoms with Crippen molar-refractivity contribution in [2.24, 2.45) is 0 Å². The van der Waals surface area contributed by atoms with Crippen molar-refractivity contribution in [1.82, 2.24) is 5.32 Å². The highest BCUT2D eigenvalue weighted by Crippen LogP contribution is 2.36. The molecule has 4 heteroatoms. The predicted octanol–water partition coefficient (Wildman–Crippen LogP) is 3.50. The number of ether oxygens (including phenoxy) is 2. The van der Waals surface area contributed by atoms with Crippen LogP contribution in [-0.4, -0.2) is 20.3 Å². The minimum Gasteiger partial charge on any atom is -0.493 e. The van der Waals surface area contributed by atoms with Crippen molar-refractivity contribution in [2.45, 2.75) is 38.3 Å². The summed E-state index contributed by atoms with van der Waals surface area (Å²) in [5, 5.41) is 3.60. The van der Waals surface area contributed by atoms with Gasteiger partial charge in [-0.25, -0.2) is 0 Å². The van der Waals surface area contributed by atoms with E-state index in [9.17, 15) is 0 Å². The Balaban J connectivity index is 2.05. The Morgan fingerprint density at radius 1 is 1.22 bits per heavy atom. The smallest absolute Gasteiger partial charge is 0.174 e. The van der Waals surface area contributed by atoms with E-state index in [1.807, 2.05) is 6.07 Å². The maximum absolute atomic E-state index is 5.35. The van der Waals surface area contributed by atoms with Crippen LogP contribution >= 0.6 is 15.9 Å². The number of hydrogen-bond acceptors (Lipinski definition) is 3. The predicted molar refractivity (Wildman–Crippen MR) is 76.3 cm³/mol. The molecule has 0 aromatic heterocycles. The topological polar surface area (TPSA) is 30.5 Å². The first-order valence-electron chi connectivity index (χ1n) is 6.38. The maximum Gasteiger partial charge on any atom is 0.174 e. The van der Waals surface area contributed by atoms with Gasteiger partial charge in [-0.05, 0) is 46.5 Å². The molecule has 0 spiro atoms. The summed E-state index contributed by atoms with van der Waals surface area (Å²) < 4.78 is 11.6. The van der Waals surface area contributed by atoms with Gasteiger partial charge in [0.25, 0.3) is 0 Å². The van der Waals surface area contributed by atoms with Gasteiger partial charge in [0.2, 0.25) is 0 Å². The zero-order valence-electron chi connectivity index (χ0n) is 11.0. The van der Waals surface area contributed by atoms with Crippen LogP contribution in [0.5, 0.6) is 11.5 Å². The van der Waals surface area contributed by atoms with E-state index in [1.165, 1.54) is 31.2 Å². The summed E-state index contributed by atoms with van der Waals surface area (Å²) >= 11 is 3.52. The summed E-state index contributed by atoms with van der Waals surface area (Å²) in [6.07, 6.45) is 5.31. The molecule has 1 aliphatic rings. The van der Waals surface area contributed by atoms with Crippen LogP contribution in [0.2, 0.25) is 0 Å². The third-order valence-corrected chi connectivity index (χ3v) is 4.03. The quantitative estimate of drug-likeness (QED) is 0.902. The summed E-state index contributed by atoms with van der Waals surface area (Å²) in [6, 6.07) is 4.80. The molecule has 0 amide bonds. The summed E-state index contributed by atoms with van der Waals surface area (Å²) in [4.78, 5) is 0. The van der Waals surface area contributed by atoms with Crippen molar-refractivity contribution in [3.05, 3.63) is 22.2 Å². The Kier molecular flexibility index (Phi) is 4.89. The molecule has 1 N–H and O–H groups in total. The van der Waals surface area contributed by atoms with E-state index >= 15 is 0 Å². The summed E-state index contributed by atoms with van der Waals surface area (Å²) in [5.74, 6) is 1.53. The van der Waals surface area contributed by atoms with E-state index < -0.39 is 0 Å². The van der Waals surface area contributed by atoms with Crippen molar-refractivity contribution in [2.75, 3.05) is 14.2 Å². The third kappa shape index (κ3) is 3.18. The molecule has 0 heterocycles. The first-order valence-corrected chi connectivity index (χ1v) is 7.17. The second kappa shape index (κ2) is 6.43. The Morgan fingerprint density at radius 2 is 1.94 bits per heavy atom. The molecule has 1 fully saturated rings. The number of hydrogen-bond donors (Lipinski definition) is 1. The number of rotatable bonds is 5. The molecule has 18 heavy (non-hydrogen) atoms. The van der Waals surface area contributed by atoms with Gasteiger partial charge in [-0.15, -0.1) is 0 Å². The first kappa shape index (κ1) is 13.7. The second-order valence-corrected chi connectivity index (χ2v) is 5.53. The van der Waals surface area contributed by atoms with Crippen molar-refractivity contribution in [3.8, 4) is 11.5 Å². The molecular weight excluding hydrogens is 294 g/mol. The van der Waals surface area contributed by atoms with Crippen LogP contribution in [0.3, 0.4) is 0 Å². The Hall–Kier alpha value is -0.740. The highest BCUT2D eigenvalue weighted by atomic mass is 79.9. The van der Waals surface area contributed by atoms with E-state index in [2.05, 4.69) is 27.3 Å². The third-order valence-electron chi connectivity index (χ3n) is 3.44. The van der Waals surface area contributed by atoms with Gasteiger partial charge in [-0.3, -0.25) is 0 Å². The van der Waals surface area contributed by atoms with Crippen molar-refractivity contribution in [1.29, 1.82) is 0 Å². The van der Waals surface area contributed by atoms with E-state index in [0.717, 1.165) is 22.5 Å². The lowest BCUT2D eigenvalue weighted by molar-refractivity contribution is 0.352. The Bertz CT molecular complexity index is 403. The highest BCUT2D eigenvalue weighted by molar-refractivity contribution is 9.10. The molecule has 0 unspecified atom stereocenters. The largest absolute Gasteiger partial charge is 0.493 e. The molecule has 1 aliphatic carbocycles. The van der Waals surface area contributed by atoms with Gasteiger partial charge in [0, 0.05) is 12.6 Å². The zero-order valence-corrected chi connectivity index (χ0v) is 12.5. The summed E-state index contributed by atoms with van der Waals surface area (Å²) in [7, 11) is 3.32. The molecule has 1 saturated carbocycles. The van der Waals surface area contributed by atoms with Gasteiger partial charge in [0.15, 0.2) is 11.5 Å². The molecule has 0 aliphatic heterocycles. The van der Waals surface area contributed by atoms with E-state index in [4.69, 9.17) is 9.47 Å². The van der Waals surface area contributed by atoms with Crippen molar-refractivity contribution >= 4 is 15.9 Å². The number of methoxy groups -OCH3 is 2. The lowest BCUT2D eigenvalue weighted by Gasteiger charge is -2.15. The van der Waals surface area contributed by atoms with Gasteiger partial charge >= 0.3 is 0 Å². The molecule has 100 valence electrons. The summed E-state index contributed by atoms with van der Waals surface area (Å²) in [5.41, 5.74) is 1.21. The molecular formula is C14H20BrNO2. The summed E-state index contributed by atoms with van der Waals surface area (Å²) in [6.45, 7) is 0.879. The van der Waals surface area contributed by atoms with Crippen LogP contribution in [0, 0.1) is 0 Å². The fourth-order valence-electron chi connectivity index (χ4n) is 2.47. The van der Waals surface area contributed by atoms with Gasteiger partial charge < -0.3 is 14.8 Å². The van der Waals surface area contributed by atoms with Gasteiger partial charge in [-0.2, -0.15) is 0 Å². The minimum absolute atomic E-state index is 0.678. The number of nitrogens with one attached hydrogen (secondary N) is 1. The number of halogens is 1. The van der Waals surface area contributed by atoms with Crippen LogP contribution in [0.4, 0.5) is 0 Å². The fraction of sp³-hybridized carbons (Fsp3) is 0.571. The number of benzene rings is 1. The lowest BCUT2D eigenvalue weighted by atomic mass is 10.1. The van der Waals surface area contributed by atoms with Crippen LogP contribution in [0.1, 0.15) is 31.2 Å². The molecule has 3 nitrogen and oxygen atoms in total. The van der Waals surface area contributed by atoms with E-state index in [1.54, 1.807) is 14.2 Å².